The Kier molecular flexibility index (Phi) is 1.75. The van der Waals surface area contributed by atoms with Crippen LogP contribution in [0.3, 0.4) is 0 Å². The van der Waals surface area contributed by atoms with Crippen LogP contribution >= 0.6 is 0 Å². The highest BCUT2D eigenvalue weighted by molar-refractivity contribution is 5.17. The highest BCUT2D eigenvalue weighted by Crippen LogP contribution is 2.24. The third-order valence-electron chi connectivity index (χ3n) is 1.85. The summed E-state index contributed by atoms with van der Waals surface area (Å²) in [6.07, 6.45) is 3.04. The van der Waals surface area contributed by atoms with Gasteiger partial charge < -0.3 is 11.1 Å². The Bertz CT molecular complexity index is 190. The lowest BCUT2D eigenvalue weighted by Crippen LogP contribution is -2.54. The minimum atomic E-state index is 0.0475. The van der Waals surface area contributed by atoms with Crippen LogP contribution in [0.1, 0.15) is 34.1 Å². The van der Waals surface area contributed by atoms with Gasteiger partial charge in [0.2, 0.25) is 0 Å². The Hall–Kier alpha value is -0.500. The molecule has 11 heavy (non-hydrogen) atoms. The summed E-state index contributed by atoms with van der Waals surface area (Å²) in [6, 6.07) is 0. The first-order valence-electron chi connectivity index (χ1n) is 4.07. The van der Waals surface area contributed by atoms with Crippen molar-refractivity contribution in [3.05, 3.63) is 11.8 Å². The molecule has 0 bridgehead atoms. The molecular formula is C9H18N2. The lowest BCUT2D eigenvalue weighted by Gasteiger charge is -2.40. The number of nitrogens with two attached hydrogens (primary N) is 1. The van der Waals surface area contributed by atoms with E-state index < -0.39 is 0 Å². The first-order valence-corrected chi connectivity index (χ1v) is 4.07. The summed E-state index contributed by atoms with van der Waals surface area (Å²) in [6.45, 7) is 8.63. The second-order valence-corrected chi connectivity index (χ2v) is 4.63. The van der Waals surface area contributed by atoms with Crippen molar-refractivity contribution in [1.29, 1.82) is 0 Å². The molecule has 0 saturated heterocycles. The second-order valence-electron chi connectivity index (χ2n) is 4.63. The first-order chi connectivity index (χ1) is 4.81. The Morgan fingerprint density at radius 3 is 2.27 bits per heavy atom. The molecule has 1 aliphatic rings. The van der Waals surface area contributed by atoms with Crippen LogP contribution in [0.15, 0.2) is 11.8 Å². The van der Waals surface area contributed by atoms with E-state index in [0.717, 1.165) is 12.1 Å². The van der Waals surface area contributed by atoms with Gasteiger partial charge in [0.25, 0.3) is 0 Å². The smallest absolute Gasteiger partial charge is 0.0331 e. The highest BCUT2D eigenvalue weighted by Gasteiger charge is 2.30. The van der Waals surface area contributed by atoms with Gasteiger partial charge in [-0.05, 0) is 33.8 Å². The van der Waals surface area contributed by atoms with Gasteiger partial charge in [-0.15, -0.1) is 0 Å². The summed E-state index contributed by atoms with van der Waals surface area (Å²) in [5, 5.41) is 3.51. The normalized spacial score (nSPS) is 27.8. The van der Waals surface area contributed by atoms with Gasteiger partial charge in [-0.1, -0.05) is 0 Å². The predicted molar refractivity (Wildman–Crippen MR) is 48.2 cm³/mol. The highest BCUT2D eigenvalue weighted by atomic mass is 15.0. The summed E-state index contributed by atoms with van der Waals surface area (Å²) in [5.74, 6) is 0. The molecule has 0 radical (unpaired) electrons. The Labute approximate surface area is 68.9 Å². The van der Waals surface area contributed by atoms with E-state index in [4.69, 9.17) is 5.73 Å². The van der Waals surface area contributed by atoms with Gasteiger partial charge in [0.1, 0.15) is 0 Å². The fourth-order valence-corrected chi connectivity index (χ4v) is 1.98. The summed E-state index contributed by atoms with van der Waals surface area (Å²) < 4.78 is 0. The van der Waals surface area contributed by atoms with Gasteiger partial charge in [-0.2, -0.15) is 0 Å². The molecule has 0 amide bonds. The van der Waals surface area contributed by atoms with Crippen LogP contribution in [-0.4, -0.2) is 11.1 Å². The van der Waals surface area contributed by atoms with Gasteiger partial charge in [-0.25, -0.2) is 0 Å². The van der Waals surface area contributed by atoms with Crippen molar-refractivity contribution in [3.63, 3.8) is 0 Å². The number of nitrogens with one attached hydrogen (secondary N) is 1. The molecule has 0 aromatic carbocycles. The molecule has 0 unspecified atom stereocenters. The molecule has 1 aliphatic heterocycles. The number of rotatable bonds is 0. The molecule has 0 aromatic heterocycles. The SMILES string of the molecule is CC1(C)C=C(N)CC(C)(C)N1. The van der Waals surface area contributed by atoms with Crippen molar-refractivity contribution >= 4 is 0 Å². The van der Waals surface area contributed by atoms with Gasteiger partial charge >= 0.3 is 0 Å². The second kappa shape index (κ2) is 2.24. The third-order valence-corrected chi connectivity index (χ3v) is 1.85. The monoisotopic (exact) mass is 154 g/mol. The van der Waals surface area contributed by atoms with Crippen molar-refractivity contribution in [1.82, 2.24) is 5.32 Å². The molecule has 0 aromatic rings. The van der Waals surface area contributed by atoms with Crippen LogP contribution in [0.4, 0.5) is 0 Å². The van der Waals surface area contributed by atoms with Gasteiger partial charge in [0.05, 0.1) is 0 Å². The van der Waals surface area contributed by atoms with E-state index in [9.17, 15) is 0 Å². The van der Waals surface area contributed by atoms with Crippen molar-refractivity contribution in [2.75, 3.05) is 0 Å². The molecule has 0 aliphatic carbocycles. The van der Waals surface area contributed by atoms with Gasteiger partial charge in [-0.3, -0.25) is 0 Å². The maximum atomic E-state index is 5.81. The fourth-order valence-electron chi connectivity index (χ4n) is 1.98. The zero-order valence-electron chi connectivity index (χ0n) is 7.86. The molecule has 0 atom stereocenters. The van der Waals surface area contributed by atoms with E-state index in [1.807, 2.05) is 0 Å². The third kappa shape index (κ3) is 2.22. The van der Waals surface area contributed by atoms with Gasteiger partial charge in [0, 0.05) is 23.2 Å². The molecule has 0 saturated carbocycles. The van der Waals surface area contributed by atoms with E-state index in [2.05, 4.69) is 39.1 Å². The van der Waals surface area contributed by atoms with Crippen LogP contribution in [0.25, 0.3) is 0 Å². The Morgan fingerprint density at radius 2 is 1.91 bits per heavy atom. The van der Waals surface area contributed by atoms with Crippen molar-refractivity contribution in [2.45, 2.75) is 45.2 Å². The van der Waals surface area contributed by atoms with Crippen LogP contribution in [0, 0.1) is 0 Å². The lowest BCUT2D eigenvalue weighted by molar-refractivity contribution is 0.282. The van der Waals surface area contributed by atoms with Crippen molar-refractivity contribution in [3.8, 4) is 0 Å². The zero-order chi connectivity index (χ0) is 8.70. The van der Waals surface area contributed by atoms with E-state index in [1.165, 1.54) is 0 Å². The van der Waals surface area contributed by atoms with E-state index >= 15 is 0 Å². The minimum absolute atomic E-state index is 0.0475. The topological polar surface area (TPSA) is 38.0 Å². The zero-order valence-corrected chi connectivity index (χ0v) is 7.86. The first kappa shape index (κ1) is 8.60. The molecule has 1 rings (SSSR count). The quantitative estimate of drug-likeness (QED) is 0.553. The van der Waals surface area contributed by atoms with Crippen molar-refractivity contribution in [2.24, 2.45) is 5.73 Å². The molecule has 0 fully saturated rings. The van der Waals surface area contributed by atoms with Crippen LogP contribution in [-0.2, 0) is 0 Å². The predicted octanol–water partition coefficient (Wildman–Crippen LogP) is 1.38. The average molecular weight is 154 g/mol. The standard InChI is InChI=1S/C9H18N2/c1-8(2)5-7(10)6-9(3,4)11-8/h5,11H,6,10H2,1-4H3. The Balaban J connectivity index is 2.86. The molecule has 64 valence electrons. The molecule has 0 spiro atoms. The maximum absolute atomic E-state index is 5.81. The summed E-state index contributed by atoms with van der Waals surface area (Å²) in [5.41, 5.74) is 6.99. The fraction of sp³-hybridized carbons (Fsp3) is 0.778. The Morgan fingerprint density at radius 1 is 1.36 bits per heavy atom. The lowest BCUT2D eigenvalue weighted by atomic mass is 9.87. The van der Waals surface area contributed by atoms with Crippen molar-refractivity contribution < 1.29 is 0 Å². The maximum Gasteiger partial charge on any atom is 0.0331 e. The average Bonchev–Trinajstić information content (AvgIpc) is 1.49. The van der Waals surface area contributed by atoms with Crippen LogP contribution in [0.5, 0.6) is 0 Å². The molecule has 2 heteroatoms. The summed E-state index contributed by atoms with van der Waals surface area (Å²) in [7, 11) is 0. The number of hydrogen-bond acceptors (Lipinski definition) is 2. The van der Waals surface area contributed by atoms with Crippen LogP contribution < -0.4 is 11.1 Å². The van der Waals surface area contributed by atoms with Gasteiger partial charge in [0.15, 0.2) is 0 Å². The summed E-state index contributed by atoms with van der Waals surface area (Å²) in [4.78, 5) is 0. The molecular weight excluding hydrogens is 136 g/mol. The number of hydrogen-bond donors (Lipinski definition) is 2. The van der Waals surface area contributed by atoms with E-state index in [-0.39, 0.29) is 11.1 Å². The van der Waals surface area contributed by atoms with E-state index in [0.29, 0.717) is 0 Å². The molecule has 1 heterocycles. The largest absolute Gasteiger partial charge is 0.402 e. The van der Waals surface area contributed by atoms with Crippen LogP contribution in [0.2, 0.25) is 0 Å². The minimum Gasteiger partial charge on any atom is -0.402 e. The summed E-state index contributed by atoms with van der Waals surface area (Å²) >= 11 is 0. The molecule has 2 nitrogen and oxygen atoms in total. The van der Waals surface area contributed by atoms with E-state index in [1.54, 1.807) is 0 Å². The molecule has 3 N–H and O–H groups in total.